The summed E-state index contributed by atoms with van der Waals surface area (Å²) in [5, 5.41) is 0.543. The normalized spacial score (nSPS) is 20.2. The van der Waals surface area contributed by atoms with E-state index >= 15 is 0 Å². The summed E-state index contributed by atoms with van der Waals surface area (Å²) >= 11 is 5.87. The Bertz CT molecular complexity index is 487. The van der Waals surface area contributed by atoms with Gasteiger partial charge in [0.1, 0.15) is 0 Å². The molecule has 0 bridgehead atoms. The maximum absolute atomic E-state index is 12.2. The maximum atomic E-state index is 12.2. The van der Waals surface area contributed by atoms with E-state index in [0.717, 1.165) is 12.8 Å². The lowest BCUT2D eigenvalue weighted by Gasteiger charge is -2.19. The second-order valence-electron chi connectivity index (χ2n) is 5.18. The van der Waals surface area contributed by atoms with Gasteiger partial charge in [-0.3, -0.25) is 9.59 Å². The van der Waals surface area contributed by atoms with Crippen LogP contribution in [0.2, 0.25) is 5.02 Å². The molecule has 0 radical (unpaired) electrons. The second-order valence-corrected chi connectivity index (χ2v) is 5.62. The second kappa shape index (κ2) is 6.20. The molecular formula is C15H18ClNO2. The van der Waals surface area contributed by atoms with Crippen LogP contribution in [0.25, 0.3) is 0 Å². The number of ketones is 1. The molecule has 1 saturated heterocycles. The molecule has 1 amide bonds. The van der Waals surface area contributed by atoms with E-state index in [2.05, 4.69) is 6.92 Å². The molecular weight excluding hydrogens is 262 g/mol. The van der Waals surface area contributed by atoms with Crippen LogP contribution < -0.4 is 0 Å². The molecule has 102 valence electrons. The number of rotatable bonds is 3. The first-order valence-electron chi connectivity index (χ1n) is 6.63. The van der Waals surface area contributed by atoms with E-state index in [0.29, 0.717) is 29.5 Å². The van der Waals surface area contributed by atoms with E-state index in [1.807, 2.05) is 0 Å². The van der Waals surface area contributed by atoms with E-state index in [1.165, 1.54) is 0 Å². The highest BCUT2D eigenvalue weighted by Crippen LogP contribution is 2.18. The van der Waals surface area contributed by atoms with Crippen LogP contribution in [0, 0.1) is 5.92 Å². The predicted octanol–water partition coefficient (Wildman–Crippen LogP) is 3.17. The third-order valence-corrected chi connectivity index (χ3v) is 3.81. The number of carbonyl (C=O) groups is 2. The Morgan fingerprint density at radius 3 is 2.95 bits per heavy atom. The molecule has 1 aromatic rings. The van der Waals surface area contributed by atoms with Crippen molar-refractivity contribution >= 4 is 23.3 Å². The molecule has 3 nitrogen and oxygen atoms in total. The van der Waals surface area contributed by atoms with E-state index in [9.17, 15) is 9.59 Å². The minimum absolute atomic E-state index is 0.0506. The molecule has 1 aromatic carbocycles. The van der Waals surface area contributed by atoms with Crippen molar-refractivity contribution < 1.29 is 9.59 Å². The van der Waals surface area contributed by atoms with Crippen LogP contribution in [0.3, 0.4) is 0 Å². The molecule has 1 fully saturated rings. The van der Waals surface area contributed by atoms with Crippen LogP contribution in [-0.2, 0) is 4.79 Å². The Hall–Kier alpha value is -1.35. The van der Waals surface area contributed by atoms with Gasteiger partial charge >= 0.3 is 0 Å². The molecule has 1 atom stereocenters. The molecule has 1 aliphatic rings. The number of carbonyl (C=O) groups excluding carboxylic acids is 2. The molecule has 0 spiro atoms. The molecule has 1 unspecified atom stereocenters. The van der Waals surface area contributed by atoms with E-state index in [4.69, 9.17) is 11.6 Å². The van der Waals surface area contributed by atoms with Gasteiger partial charge in [-0.2, -0.15) is 0 Å². The zero-order valence-electron chi connectivity index (χ0n) is 11.1. The van der Waals surface area contributed by atoms with Gasteiger partial charge in [0.15, 0.2) is 5.78 Å². The topological polar surface area (TPSA) is 37.4 Å². The first kappa shape index (κ1) is 14.1. The smallest absolute Gasteiger partial charge is 0.222 e. The molecule has 0 aliphatic carbocycles. The van der Waals surface area contributed by atoms with Gasteiger partial charge in [0.2, 0.25) is 5.91 Å². The summed E-state index contributed by atoms with van der Waals surface area (Å²) in [6.07, 6.45) is 2.43. The average molecular weight is 280 g/mol. The van der Waals surface area contributed by atoms with Gasteiger partial charge in [-0.05, 0) is 30.9 Å². The number of Topliss-reactive ketones (excluding diaryl/α,β-unsaturated/α-hetero) is 1. The van der Waals surface area contributed by atoms with Crippen molar-refractivity contribution in [2.45, 2.75) is 26.2 Å². The summed E-state index contributed by atoms with van der Waals surface area (Å²) in [5.74, 6) is 0.584. The molecule has 0 aromatic heterocycles. The van der Waals surface area contributed by atoms with Gasteiger partial charge in [-0.15, -0.1) is 0 Å². The Kier molecular flexibility index (Phi) is 4.59. The third kappa shape index (κ3) is 3.80. The Balaban J connectivity index is 2.03. The van der Waals surface area contributed by atoms with Crippen LogP contribution in [0.4, 0.5) is 0 Å². The summed E-state index contributed by atoms with van der Waals surface area (Å²) < 4.78 is 0. The van der Waals surface area contributed by atoms with Gasteiger partial charge in [0.25, 0.3) is 0 Å². The molecule has 1 aliphatic heterocycles. The number of benzene rings is 1. The Labute approximate surface area is 118 Å². The lowest BCUT2D eigenvalue weighted by atomic mass is 10.0. The average Bonchev–Trinajstić information content (AvgIpc) is 2.54. The van der Waals surface area contributed by atoms with Crippen molar-refractivity contribution in [3.8, 4) is 0 Å². The molecule has 1 heterocycles. The standard InChI is InChI=1S/C15H18ClNO2/c1-11-5-6-15(19)17(8-7-11)10-14(18)12-3-2-4-13(16)9-12/h2-4,9,11H,5-8,10H2,1H3. The highest BCUT2D eigenvalue weighted by molar-refractivity contribution is 6.31. The molecule has 19 heavy (non-hydrogen) atoms. The monoisotopic (exact) mass is 279 g/mol. The lowest BCUT2D eigenvalue weighted by molar-refractivity contribution is -0.130. The van der Waals surface area contributed by atoms with E-state index < -0.39 is 0 Å². The largest absolute Gasteiger partial charge is 0.335 e. The van der Waals surface area contributed by atoms with Crippen molar-refractivity contribution in [2.75, 3.05) is 13.1 Å². The quantitative estimate of drug-likeness (QED) is 0.797. The number of nitrogens with zero attached hydrogens (tertiary/aromatic N) is 1. The van der Waals surface area contributed by atoms with Gasteiger partial charge < -0.3 is 4.90 Å². The Morgan fingerprint density at radius 1 is 1.42 bits per heavy atom. The van der Waals surface area contributed by atoms with E-state index in [-0.39, 0.29) is 18.2 Å². The SMILES string of the molecule is CC1CCC(=O)N(CC(=O)c2cccc(Cl)c2)CC1. The lowest BCUT2D eigenvalue weighted by Crippen LogP contribution is -2.35. The first-order chi connectivity index (χ1) is 9.06. The van der Waals surface area contributed by atoms with Gasteiger partial charge in [0, 0.05) is 23.6 Å². The van der Waals surface area contributed by atoms with Crippen LogP contribution in [0.1, 0.15) is 36.5 Å². The van der Waals surface area contributed by atoms with Crippen LogP contribution in [0.5, 0.6) is 0 Å². The number of hydrogen-bond acceptors (Lipinski definition) is 2. The van der Waals surface area contributed by atoms with Gasteiger partial charge in [-0.1, -0.05) is 30.7 Å². The van der Waals surface area contributed by atoms with Gasteiger partial charge in [0.05, 0.1) is 6.54 Å². The van der Waals surface area contributed by atoms with Crippen molar-refractivity contribution in [1.82, 2.24) is 4.90 Å². The summed E-state index contributed by atoms with van der Waals surface area (Å²) in [7, 11) is 0. The molecule has 4 heteroatoms. The maximum Gasteiger partial charge on any atom is 0.222 e. The Morgan fingerprint density at radius 2 is 2.21 bits per heavy atom. The van der Waals surface area contributed by atoms with Crippen LogP contribution >= 0.6 is 11.6 Å². The fourth-order valence-electron chi connectivity index (χ4n) is 2.27. The first-order valence-corrected chi connectivity index (χ1v) is 7.00. The minimum Gasteiger partial charge on any atom is -0.335 e. The summed E-state index contributed by atoms with van der Waals surface area (Å²) in [6.45, 7) is 2.98. The predicted molar refractivity (Wildman–Crippen MR) is 75.4 cm³/mol. The molecule has 0 N–H and O–H groups in total. The minimum atomic E-state index is -0.0506. The number of hydrogen-bond donors (Lipinski definition) is 0. The third-order valence-electron chi connectivity index (χ3n) is 3.58. The number of likely N-dealkylation sites (tertiary alicyclic amines) is 1. The van der Waals surface area contributed by atoms with Crippen LogP contribution in [-0.4, -0.2) is 29.7 Å². The molecule has 2 rings (SSSR count). The van der Waals surface area contributed by atoms with Crippen molar-refractivity contribution in [3.63, 3.8) is 0 Å². The zero-order chi connectivity index (χ0) is 13.8. The van der Waals surface area contributed by atoms with Crippen molar-refractivity contribution in [2.24, 2.45) is 5.92 Å². The number of amides is 1. The highest BCUT2D eigenvalue weighted by atomic mass is 35.5. The van der Waals surface area contributed by atoms with E-state index in [1.54, 1.807) is 29.2 Å². The highest BCUT2D eigenvalue weighted by Gasteiger charge is 2.22. The summed E-state index contributed by atoms with van der Waals surface area (Å²) in [6, 6.07) is 6.87. The fraction of sp³-hybridized carbons (Fsp3) is 0.467. The zero-order valence-corrected chi connectivity index (χ0v) is 11.8. The van der Waals surface area contributed by atoms with Crippen molar-refractivity contribution in [1.29, 1.82) is 0 Å². The summed E-state index contributed by atoms with van der Waals surface area (Å²) in [5.41, 5.74) is 0.567. The van der Waals surface area contributed by atoms with Crippen molar-refractivity contribution in [3.05, 3.63) is 34.9 Å². The number of halogens is 1. The van der Waals surface area contributed by atoms with Crippen LogP contribution in [0.15, 0.2) is 24.3 Å². The molecule has 0 saturated carbocycles. The fourth-order valence-corrected chi connectivity index (χ4v) is 2.46. The summed E-state index contributed by atoms with van der Waals surface area (Å²) in [4.78, 5) is 25.8. The van der Waals surface area contributed by atoms with Gasteiger partial charge in [-0.25, -0.2) is 0 Å².